The van der Waals surface area contributed by atoms with E-state index in [0.717, 1.165) is 23.5 Å². The third-order valence-electron chi connectivity index (χ3n) is 3.26. The van der Waals surface area contributed by atoms with Gasteiger partial charge in [0, 0.05) is 37.6 Å². The van der Waals surface area contributed by atoms with E-state index in [9.17, 15) is 8.78 Å². The Hall–Kier alpha value is -2.22. The van der Waals surface area contributed by atoms with Gasteiger partial charge in [0.25, 0.3) is 6.43 Å². The lowest BCUT2D eigenvalue weighted by Crippen LogP contribution is -2.37. The number of hydrogen-bond acceptors (Lipinski definition) is 4. The van der Waals surface area contributed by atoms with Gasteiger partial charge in [0.05, 0.1) is 5.01 Å². The summed E-state index contributed by atoms with van der Waals surface area (Å²) in [5, 5.41) is 7.50. The highest BCUT2D eigenvalue weighted by Crippen LogP contribution is 2.14. The molecule has 1 aromatic carbocycles. The molecular formula is C17H22F2N4OS. The molecule has 0 amide bonds. The van der Waals surface area contributed by atoms with Crippen molar-refractivity contribution < 1.29 is 13.5 Å². The molecule has 2 rings (SSSR count). The highest BCUT2D eigenvalue weighted by molar-refractivity contribution is 7.11. The average Bonchev–Trinajstić information content (AvgIpc) is 3.01. The first-order chi connectivity index (χ1) is 12.1. The van der Waals surface area contributed by atoms with Gasteiger partial charge in [-0.3, -0.25) is 4.99 Å². The van der Waals surface area contributed by atoms with Crippen molar-refractivity contribution in [3.8, 4) is 5.75 Å². The quantitative estimate of drug-likeness (QED) is 0.556. The predicted octanol–water partition coefficient (Wildman–Crippen LogP) is 3.00. The molecule has 2 aromatic rings. The number of rotatable bonds is 8. The minimum atomic E-state index is -2.48. The van der Waals surface area contributed by atoms with Gasteiger partial charge in [-0.05, 0) is 24.6 Å². The summed E-state index contributed by atoms with van der Waals surface area (Å²) in [7, 11) is 1.70. The summed E-state index contributed by atoms with van der Waals surface area (Å²) >= 11 is 1.69. The van der Waals surface area contributed by atoms with E-state index in [4.69, 9.17) is 4.74 Å². The first-order valence-corrected chi connectivity index (χ1v) is 8.74. The van der Waals surface area contributed by atoms with Gasteiger partial charge in [-0.25, -0.2) is 13.8 Å². The highest BCUT2D eigenvalue weighted by atomic mass is 32.1. The number of nitrogens with one attached hydrogen (secondary N) is 2. The van der Waals surface area contributed by atoms with Crippen LogP contribution in [-0.4, -0.2) is 37.6 Å². The van der Waals surface area contributed by atoms with Crippen LogP contribution in [0.25, 0.3) is 0 Å². The fourth-order valence-electron chi connectivity index (χ4n) is 2.12. The van der Waals surface area contributed by atoms with E-state index in [0.29, 0.717) is 18.3 Å². The standard InChI is InChI=1S/C17H22F2N4OS/c1-12-9-22-16(25-12)6-7-21-17(20-2)23-10-13-4-3-5-14(8-13)24-11-15(18)19/h3-5,8-9,15H,6-7,10-11H2,1-2H3,(H2,20,21,23). The lowest BCUT2D eigenvalue weighted by molar-refractivity contribution is 0.0818. The first-order valence-electron chi connectivity index (χ1n) is 7.92. The van der Waals surface area contributed by atoms with Crippen LogP contribution in [0.4, 0.5) is 8.78 Å². The molecule has 0 aliphatic rings. The number of nitrogens with zero attached hydrogens (tertiary/aromatic N) is 2. The van der Waals surface area contributed by atoms with Crippen LogP contribution in [0.3, 0.4) is 0 Å². The highest BCUT2D eigenvalue weighted by Gasteiger charge is 2.05. The van der Waals surface area contributed by atoms with E-state index >= 15 is 0 Å². The molecule has 8 heteroatoms. The molecule has 1 heterocycles. The Morgan fingerprint density at radius 3 is 2.88 bits per heavy atom. The molecule has 0 spiro atoms. The van der Waals surface area contributed by atoms with Crippen LogP contribution >= 0.6 is 11.3 Å². The summed E-state index contributed by atoms with van der Waals surface area (Å²) in [6.45, 7) is 2.68. The summed E-state index contributed by atoms with van der Waals surface area (Å²) in [6, 6.07) is 7.07. The number of aryl methyl sites for hydroxylation is 1. The van der Waals surface area contributed by atoms with E-state index in [-0.39, 0.29) is 0 Å². The molecule has 2 N–H and O–H groups in total. The van der Waals surface area contributed by atoms with E-state index < -0.39 is 13.0 Å². The molecule has 136 valence electrons. The number of aliphatic imine (C=N–C) groups is 1. The largest absolute Gasteiger partial charge is 0.488 e. The van der Waals surface area contributed by atoms with Crippen molar-refractivity contribution in [3.05, 3.63) is 45.9 Å². The maximum absolute atomic E-state index is 12.2. The predicted molar refractivity (Wildman–Crippen MR) is 96.7 cm³/mol. The van der Waals surface area contributed by atoms with Gasteiger partial charge in [-0.2, -0.15) is 0 Å². The van der Waals surface area contributed by atoms with Crippen molar-refractivity contribution in [3.63, 3.8) is 0 Å². The molecule has 0 atom stereocenters. The van der Waals surface area contributed by atoms with Gasteiger partial charge in [0.15, 0.2) is 5.96 Å². The molecule has 1 aromatic heterocycles. The number of thiazole rings is 1. The van der Waals surface area contributed by atoms with E-state index in [2.05, 4.69) is 20.6 Å². The number of guanidine groups is 1. The van der Waals surface area contributed by atoms with E-state index in [1.807, 2.05) is 19.2 Å². The smallest absolute Gasteiger partial charge is 0.272 e. The second-order valence-corrected chi connectivity index (χ2v) is 6.64. The fourth-order valence-corrected chi connectivity index (χ4v) is 2.90. The summed E-state index contributed by atoms with van der Waals surface area (Å²) < 4.78 is 29.4. The second-order valence-electron chi connectivity index (χ2n) is 5.32. The molecular weight excluding hydrogens is 346 g/mol. The zero-order chi connectivity index (χ0) is 18.1. The van der Waals surface area contributed by atoms with Crippen LogP contribution in [0, 0.1) is 6.92 Å². The summed E-state index contributed by atoms with van der Waals surface area (Å²) in [4.78, 5) is 9.69. The lowest BCUT2D eigenvalue weighted by Gasteiger charge is -2.12. The summed E-state index contributed by atoms with van der Waals surface area (Å²) in [5.41, 5.74) is 0.922. The zero-order valence-corrected chi connectivity index (χ0v) is 15.1. The average molecular weight is 368 g/mol. The van der Waals surface area contributed by atoms with Crippen LogP contribution in [0.1, 0.15) is 15.4 Å². The van der Waals surface area contributed by atoms with Gasteiger partial charge in [0.1, 0.15) is 12.4 Å². The third kappa shape index (κ3) is 7.04. The molecule has 0 unspecified atom stereocenters. The monoisotopic (exact) mass is 368 g/mol. The van der Waals surface area contributed by atoms with Gasteiger partial charge in [-0.15, -0.1) is 11.3 Å². The van der Waals surface area contributed by atoms with E-state index in [1.54, 1.807) is 36.6 Å². The molecule has 5 nitrogen and oxygen atoms in total. The normalized spacial score (nSPS) is 11.6. The van der Waals surface area contributed by atoms with Crippen LogP contribution in [0.5, 0.6) is 5.75 Å². The van der Waals surface area contributed by atoms with E-state index in [1.165, 1.54) is 4.88 Å². The van der Waals surface area contributed by atoms with Crippen LogP contribution in [0.2, 0.25) is 0 Å². The topological polar surface area (TPSA) is 58.5 Å². The molecule has 25 heavy (non-hydrogen) atoms. The first kappa shape index (κ1) is 19.1. The minimum absolute atomic E-state index is 0.432. The SMILES string of the molecule is CN=C(NCCc1ncc(C)s1)NCc1cccc(OCC(F)F)c1. The Morgan fingerprint density at radius 1 is 1.36 bits per heavy atom. The number of hydrogen-bond donors (Lipinski definition) is 2. The van der Waals surface area contributed by atoms with Crippen molar-refractivity contribution in [1.82, 2.24) is 15.6 Å². The van der Waals surface area contributed by atoms with Crippen molar-refractivity contribution in [2.45, 2.75) is 26.3 Å². The van der Waals surface area contributed by atoms with Gasteiger partial charge >= 0.3 is 0 Å². The van der Waals surface area contributed by atoms with Crippen molar-refractivity contribution in [2.75, 3.05) is 20.2 Å². The molecule has 0 fully saturated rings. The maximum Gasteiger partial charge on any atom is 0.272 e. The number of ether oxygens (including phenoxy) is 1. The Balaban J connectivity index is 1.77. The molecule has 0 radical (unpaired) electrons. The van der Waals surface area contributed by atoms with Crippen molar-refractivity contribution in [2.24, 2.45) is 4.99 Å². The number of halogens is 2. The van der Waals surface area contributed by atoms with Crippen molar-refractivity contribution in [1.29, 1.82) is 0 Å². The Morgan fingerprint density at radius 2 is 2.20 bits per heavy atom. The van der Waals surface area contributed by atoms with Gasteiger partial charge in [0.2, 0.25) is 0 Å². The Kier molecular flexibility index (Phi) is 7.59. The van der Waals surface area contributed by atoms with Crippen molar-refractivity contribution >= 4 is 17.3 Å². The Labute approximate surface area is 150 Å². The maximum atomic E-state index is 12.2. The van der Waals surface area contributed by atoms with Crippen LogP contribution in [0.15, 0.2) is 35.5 Å². The zero-order valence-electron chi connectivity index (χ0n) is 14.3. The second kappa shape index (κ2) is 9.93. The molecule has 0 saturated heterocycles. The molecule has 0 aliphatic carbocycles. The van der Waals surface area contributed by atoms with Crippen LogP contribution in [-0.2, 0) is 13.0 Å². The lowest BCUT2D eigenvalue weighted by atomic mass is 10.2. The number of alkyl halides is 2. The van der Waals surface area contributed by atoms with Gasteiger partial charge < -0.3 is 15.4 Å². The van der Waals surface area contributed by atoms with Crippen LogP contribution < -0.4 is 15.4 Å². The Bertz CT molecular complexity index is 691. The fraction of sp³-hybridized carbons (Fsp3) is 0.412. The molecule has 0 bridgehead atoms. The molecule has 0 saturated carbocycles. The third-order valence-corrected chi connectivity index (χ3v) is 4.23. The minimum Gasteiger partial charge on any atom is -0.488 e. The summed E-state index contributed by atoms with van der Waals surface area (Å²) in [6.07, 6.45) is 0.221. The number of aromatic nitrogens is 1. The van der Waals surface area contributed by atoms with Gasteiger partial charge in [-0.1, -0.05) is 12.1 Å². The molecule has 0 aliphatic heterocycles. The number of benzene rings is 1. The summed E-state index contributed by atoms with van der Waals surface area (Å²) in [5.74, 6) is 1.11.